The Balaban J connectivity index is 2.12. The van der Waals surface area contributed by atoms with Crippen LogP contribution >= 0.6 is 12.2 Å². The van der Waals surface area contributed by atoms with Crippen molar-refractivity contribution in [1.82, 2.24) is 19.3 Å². The summed E-state index contributed by atoms with van der Waals surface area (Å²) in [5, 5.41) is 4.40. The van der Waals surface area contributed by atoms with Crippen molar-refractivity contribution < 1.29 is 4.74 Å². The van der Waals surface area contributed by atoms with Crippen molar-refractivity contribution in [2.45, 2.75) is 33.2 Å². The maximum Gasteiger partial charge on any atom is 0.179 e. The molecule has 100 valence electrons. The quantitative estimate of drug-likeness (QED) is 0.647. The molecule has 0 aliphatic heterocycles. The van der Waals surface area contributed by atoms with Crippen LogP contribution in [0.3, 0.4) is 0 Å². The second-order valence-corrected chi connectivity index (χ2v) is 4.84. The van der Waals surface area contributed by atoms with Crippen LogP contribution in [0.4, 0.5) is 0 Å². The van der Waals surface area contributed by atoms with Crippen molar-refractivity contribution >= 4 is 23.4 Å². The Hall–Kier alpha value is -1.14. The first kappa shape index (κ1) is 13.3. The highest BCUT2D eigenvalue weighted by atomic mass is 32.1. The number of aryl methyl sites for hydroxylation is 3. The van der Waals surface area contributed by atoms with E-state index in [2.05, 4.69) is 21.6 Å². The van der Waals surface area contributed by atoms with E-state index in [1.807, 2.05) is 18.7 Å². The molecule has 2 rings (SSSR count). The van der Waals surface area contributed by atoms with E-state index in [1.54, 1.807) is 0 Å². The molecule has 0 saturated heterocycles. The molecular formula is C12H20N4OS. The van der Waals surface area contributed by atoms with E-state index in [0.717, 1.165) is 54.2 Å². The van der Waals surface area contributed by atoms with Gasteiger partial charge in [-0.1, -0.05) is 6.92 Å². The van der Waals surface area contributed by atoms with Crippen LogP contribution in [0.15, 0.2) is 0 Å². The highest BCUT2D eigenvalue weighted by Crippen LogP contribution is 2.17. The Morgan fingerprint density at radius 3 is 2.89 bits per heavy atom. The Morgan fingerprint density at radius 1 is 1.39 bits per heavy atom. The molecule has 18 heavy (non-hydrogen) atoms. The molecule has 5 nitrogen and oxygen atoms in total. The lowest BCUT2D eigenvalue weighted by Gasteiger charge is -2.05. The van der Waals surface area contributed by atoms with Gasteiger partial charge in [-0.05, 0) is 32.0 Å². The average molecular weight is 268 g/mol. The standard InChI is InChI=1S/C12H20N4OS/c1-4-7-17-8-5-6-16-11-10(13-12(16)18)9(2)14-15(11)3/h4-8H2,1-3H3,(H,13,18). The van der Waals surface area contributed by atoms with Crippen molar-refractivity contribution in [1.29, 1.82) is 0 Å². The molecule has 0 aliphatic rings. The van der Waals surface area contributed by atoms with Gasteiger partial charge in [0.1, 0.15) is 5.52 Å². The Bertz CT molecular complexity index is 581. The maximum absolute atomic E-state index is 5.49. The van der Waals surface area contributed by atoms with Crippen molar-refractivity contribution in [2.24, 2.45) is 7.05 Å². The SMILES string of the molecule is CCCOCCCn1c(=S)[nH]c2c(C)nn(C)c21. The zero-order valence-corrected chi connectivity index (χ0v) is 12.0. The number of fused-ring (bicyclic) bond motifs is 1. The molecule has 0 aliphatic carbocycles. The van der Waals surface area contributed by atoms with Crippen molar-refractivity contribution in [3.05, 3.63) is 10.5 Å². The molecule has 0 fully saturated rings. The highest BCUT2D eigenvalue weighted by Gasteiger charge is 2.11. The summed E-state index contributed by atoms with van der Waals surface area (Å²) in [6.07, 6.45) is 2.03. The minimum absolute atomic E-state index is 0.761. The van der Waals surface area contributed by atoms with E-state index >= 15 is 0 Å². The molecule has 1 N–H and O–H groups in total. The summed E-state index contributed by atoms with van der Waals surface area (Å²) >= 11 is 5.35. The maximum atomic E-state index is 5.49. The number of nitrogens with one attached hydrogen (secondary N) is 1. The average Bonchev–Trinajstić information content (AvgIpc) is 2.79. The van der Waals surface area contributed by atoms with E-state index in [4.69, 9.17) is 17.0 Å². The molecule has 0 radical (unpaired) electrons. The number of imidazole rings is 1. The van der Waals surface area contributed by atoms with Crippen LogP contribution in [-0.2, 0) is 18.3 Å². The van der Waals surface area contributed by atoms with Crippen LogP contribution in [0.1, 0.15) is 25.5 Å². The largest absolute Gasteiger partial charge is 0.381 e. The molecule has 0 spiro atoms. The number of hydrogen-bond acceptors (Lipinski definition) is 3. The first-order valence-corrected chi connectivity index (χ1v) is 6.75. The lowest BCUT2D eigenvalue weighted by atomic mass is 10.4. The van der Waals surface area contributed by atoms with Gasteiger partial charge in [0.15, 0.2) is 10.4 Å². The number of nitrogens with zero attached hydrogens (tertiary/aromatic N) is 3. The monoisotopic (exact) mass is 268 g/mol. The van der Waals surface area contributed by atoms with Gasteiger partial charge in [-0.25, -0.2) is 0 Å². The molecule has 2 aromatic rings. The smallest absolute Gasteiger partial charge is 0.179 e. The predicted octanol–water partition coefficient (Wildman–Crippen LogP) is 2.56. The molecule has 0 bridgehead atoms. The molecule has 0 unspecified atom stereocenters. The van der Waals surface area contributed by atoms with Gasteiger partial charge in [0, 0.05) is 26.8 Å². The number of H-pyrrole nitrogens is 1. The number of aromatic amines is 1. The van der Waals surface area contributed by atoms with E-state index < -0.39 is 0 Å². The van der Waals surface area contributed by atoms with Crippen LogP contribution in [0.2, 0.25) is 0 Å². The first-order chi connectivity index (χ1) is 8.65. The van der Waals surface area contributed by atoms with Gasteiger partial charge in [0.25, 0.3) is 0 Å². The van der Waals surface area contributed by atoms with Crippen molar-refractivity contribution in [3.8, 4) is 0 Å². The van der Waals surface area contributed by atoms with Crippen LogP contribution in [0.5, 0.6) is 0 Å². The zero-order valence-electron chi connectivity index (χ0n) is 11.2. The summed E-state index contributed by atoms with van der Waals surface area (Å²) in [5.74, 6) is 0. The Kier molecular flexibility index (Phi) is 4.19. The normalized spacial score (nSPS) is 11.5. The van der Waals surface area contributed by atoms with Crippen LogP contribution in [0.25, 0.3) is 11.2 Å². The summed E-state index contributed by atoms with van der Waals surface area (Å²) in [6, 6.07) is 0. The second-order valence-electron chi connectivity index (χ2n) is 4.46. The fourth-order valence-electron chi connectivity index (χ4n) is 2.15. The lowest BCUT2D eigenvalue weighted by Crippen LogP contribution is -2.06. The molecule has 2 heterocycles. The van der Waals surface area contributed by atoms with E-state index in [-0.39, 0.29) is 0 Å². The topological polar surface area (TPSA) is 47.8 Å². The lowest BCUT2D eigenvalue weighted by molar-refractivity contribution is 0.129. The minimum Gasteiger partial charge on any atom is -0.381 e. The van der Waals surface area contributed by atoms with Gasteiger partial charge in [-0.2, -0.15) is 5.10 Å². The summed E-state index contributed by atoms with van der Waals surface area (Å²) in [4.78, 5) is 3.22. The van der Waals surface area contributed by atoms with Gasteiger partial charge in [0.2, 0.25) is 0 Å². The predicted molar refractivity (Wildman–Crippen MR) is 74.4 cm³/mol. The van der Waals surface area contributed by atoms with Gasteiger partial charge in [0.05, 0.1) is 5.69 Å². The van der Waals surface area contributed by atoms with Crippen molar-refractivity contribution in [2.75, 3.05) is 13.2 Å². The van der Waals surface area contributed by atoms with Crippen LogP contribution in [-0.4, -0.2) is 32.5 Å². The minimum atomic E-state index is 0.761. The molecule has 0 aromatic carbocycles. The summed E-state index contributed by atoms with van der Waals surface area (Å²) in [5.41, 5.74) is 3.09. The fourth-order valence-corrected chi connectivity index (χ4v) is 2.43. The third-order valence-corrected chi connectivity index (χ3v) is 3.27. The summed E-state index contributed by atoms with van der Waals surface area (Å²) in [6.45, 7) is 6.58. The van der Waals surface area contributed by atoms with Gasteiger partial charge < -0.3 is 14.3 Å². The van der Waals surface area contributed by atoms with E-state index in [1.165, 1.54) is 0 Å². The molecule has 2 aromatic heterocycles. The third-order valence-electron chi connectivity index (χ3n) is 2.94. The highest BCUT2D eigenvalue weighted by molar-refractivity contribution is 7.71. The van der Waals surface area contributed by atoms with Gasteiger partial charge in [-0.15, -0.1) is 0 Å². The van der Waals surface area contributed by atoms with E-state index in [9.17, 15) is 0 Å². The third kappa shape index (κ3) is 2.49. The molecule has 6 heteroatoms. The van der Waals surface area contributed by atoms with Crippen LogP contribution < -0.4 is 0 Å². The number of hydrogen-bond donors (Lipinski definition) is 1. The Morgan fingerprint density at radius 2 is 2.17 bits per heavy atom. The van der Waals surface area contributed by atoms with E-state index in [0.29, 0.717) is 0 Å². The number of ether oxygens (including phenoxy) is 1. The zero-order chi connectivity index (χ0) is 13.1. The fraction of sp³-hybridized carbons (Fsp3) is 0.667. The summed E-state index contributed by atoms with van der Waals surface area (Å²) < 4.78 is 10.2. The van der Waals surface area contributed by atoms with Gasteiger partial charge in [-0.3, -0.25) is 4.68 Å². The molecule has 0 amide bonds. The molecular weight excluding hydrogens is 248 g/mol. The van der Waals surface area contributed by atoms with Crippen LogP contribution in [0, 0.1) is 11.7 Å². The number of rotatable bonds is 6. The van der Waals surface area contributed by atoms with Gasteiger partial charge >= 0.3 is 0 Å². The Labute approximate surface area is 112 Å². The second kappa shape index (κ2) is 5.67. The first-order valence-electron chi connectivity index (χ1n) is 6.35. The molecule has 0 saturated carbocycles. The number of aromatic nitrogens is 4. The van der Waals surface area contributed by atoms with Crippen molar-refractivity contribution in [3.63, 3.8) is 0 Å². The summed E-state index contributed by atoms with van der Waals surface area (Å²) in [7, 11) is 1.95. The molecule has 0 atom stereocenters.